The van der Waals surface area contributed by atoms with Crippen molar-refractivity contribution in [3.8, 4) is 0 Å². The molecule has 0 spiro atoms. The van der Waals surface area contributed by atoms with Crippen molar-refractivity contribution in [1.29, 1.82) is 0 Å². The van der Waals surface area contributed by atoms with Crippen LogP contribution in [0.1, 0.15) is 11.0 Å². The normalized spacial score (nSPS) is 20.7. The summed E-state index contributed by atoms with van der Waals surface area (Å²) in [5.41, 5.74) is 0. The summed E-state index contributed by atoms with van der Waals surface area (Å²) in [6.45, 7) is 4.49. The molecule has 3 nitrogen and oxygen atoms in total. The van der Waals surface area contributed by atoms with E-state index in [2.05, 4.69) is 46.7 Å². The second-order valence-electron chi connectivity index (χ2n) is 4.14. The molecule has 1 unspecified atom stereocenters. The second-order valence-corrected chi connectivity index (χ2v) is 5.12. The van der Waals surface area contributed by atoms with Crippen LogP contribution in [0.5, 0.6) is 0 Å². The van der Waals surface area contributed by atoms with E-state index in [1.54, 1.807) is 0 Å². The van der Waals surface area contributed by atoms with E-state index in [-0.39, 0.29) is 0 Å². The van der Waals surface area contributed by atoms with Crippen LogP contribution in [-0.4, -0.2) is 50.1 Å². The lowest BCUT2D eigenvalue weighted by Crippen LogP contribution is -2.48. The Morgan fingerprint density at radius 2 is 2.13 bits per heavy atom. The van der Waals surface area contributed by atoms with Crippen molar-refractivity contribution >= 4 is 11.3 Å². The molecule has 1 aromatic rings. The maximum Gasteiger partial charge on any atom is 0.0976 e. The molecule has 0 aliphatic carbocycles. The Bertz CT molecular complexity index is 278. The van der Waals surface area contributed by atoms with Gasteiger partial charge in [0.25, 0.3) is 0 Å². The van der Waals surface area contributed by atoms with Crippen molar-refractivity contribution in [1.82, 2.24) is 15.1 Å². The quantitative estimate of drug-likeness (QED) is 0.834. The molecule has 0 radical (unpaired) electrons. The van der Waals surface area contributed by atoms with Crippen LogP contribution in [0.25, 0.3) is 0 Å². The van der Waals surface area contributed by atoms with Crippen LogP contribution >= 0.6 is 11.3 Å². The highest BCUT2D eigenvalue weighted by Gasteiger charge is 2.24. The number of hydrogen-bond acceptors (Lipinski definition) is 4. The second kappa shape index (κ2) is 5.07. The zero-order chi connectivity index (χ0) is 10.7. The summed E-state index contributed by atoms with van der Waals surface area (Å²) in [5.74, 6) is 0. The topological polar surface area (TPSA) is 18.5 Å². The Morgan fingerprint density at radius 1 is 1.40 bits per heavy atom. The van der Waals surface area contributed by atoms with Gasteiger partial charge in [0.1, 0.15) is 0 Å². The molecule has 2 rings (SSSR count). The van der Waals surface area contributed by atoms with Gasteiger partial charge in [-0.3, -0.25) is 9.80 Å². The molecule has 84 valence electrons. The van der Waals surface area contributed by atoms with Gasteiger partial charge in [0.05, 0.1) is 6.17 Å². The number of hydrogen-bond donors (Lipinski definition) is 1. The smallest absolute Gasteiger partial charge is 0.0976 e. The minimum absolute atomic E-state index is 0.451. The van der Waals surface area contributed by atoms with Crippen molar-refractivity contribution < 1.29 is 0 Å². The van der Waals surface area contributed by atoms with Gasteiger partial charge in [-0.25, -0.2) is 0 Å². The fourth-order valence-corrected chi connectivity index (χ4v) is 3.08. The lowest BCUT2D eigenvalue weighted by atomic mass is 10.2. The average Bonchev–Trinajstić information content (AvgIpc) is 2.72. The largest absolute Gasteiger partial charge is 0.314 e. The molecule has 1 aliphatic rings. The third kappa shape index (κ3) is 2.58. The van der Waals surface area contributed by atoms with Crippen molar-refractivity contribution in [2.24, 2.45) is 0 Å². The number of rotatable bonds is 3. The first-order chi connectivity index (χ1) is 7.29. The Kier molecular flexibility index (Phi) is 3.75. The lowest BCUT2D eigenvalue weighted by Gasteiger charge is -2.38. The molecule has 0 aromatic carbocycles. The van der Waals surface area contributed by atoms with Gasteiger partial charge in [0, 0.05) is 31.1 Å². The Hall–Kier alpha value is -0.420. The Labute approximate surface area is 95.7 Å². The van der Waals surface area contributed by atoms with E-state index in [1.807, 2.05) is 11.3 Å². The van der Waals surface area contributed by atoms with E-state index in [0.29, 0.717) is 6.17 Å². The average molecular weight is 225 g/mol. The molecule has 1 N–H and O–H groups in total. The molecule has 2 heterocycles. The predicted octanol–water partition coefficient (Wildman–Crippen LogP) is 1.21. The maximum absolute atomic E-state index is 3.40. The monoisotopic (exact) mass is 225 g/mol. The van der Waals surface area contributed by atoms with Crippen molar-refractivity contribution in [2.45, 2.75) is 6.17 Å². The highest BCUT2D eigenvalue weighted by molar-refractivity contribution is 7.10. The first-order valence-corrected chi connectivity index (χ1v) is 6.31. The Morgan fingerprint density at radius 3 is 2.67 bits per heavy atom. The molecule has 15 heavy (non-hydrogen) atoms. The molecule has 0 amide bonds. The van der Waals surface area contributed by atoms with Crippen LogP contribution in [0.2, 0.25) is 0 Å². The van der Waals surface area contributed by atoms with E-state index in [4.69, 9.17) is 0 Å². The van der Waals surface area contributed by atoms with Crippen molar-refractivity contribution in [2.75, 3.05) is 40.3 Å². The summed E-state index contributed by atoms with van der Waals surface area (Å²) < 4.78 is 0. The summed E-state index contributed by atoms with van der Waals surface area (Å²) in [5, 5.41) is 5.56. The SMILES string of the molecule is CN(C)C(c1cccs1)N1CCNCC1. The first kappa shape index (κ1) is 11.1. The van der Waals surface area contributed by atoms with Gasteiger partial charge in [0.15, 0.2) is 0 Å². The third-order valence-corrected chi connectivity index (χ3v) is 3.70. The third-order valence-electron chi connectivity index (χ3n) is 2.78. The van der Waals surface area contributed by atoms with Crippen molar-refractivity contribution in [3.05, 3.63) is 22.4 Å². The molecule has 0 saturated carbocycles. The predicted molar refractivity (Wildman–Crippen MR) is 65.2 cm³/mol. The molecule has 1 aromatic heterocycles. The van der Waals surface area contributed by atoms with E-state index >= 15 is 0 Å². The van der Waals surface area contributed by atoms with Crippen LogP contribution in [0, 0.1) is 0 Å². The van der Waals surface area contributed by atoms with Crippen LogP contribution < -0.4 is 5.32 Å². The zero-order valence-corrected chi connectivity index (χ0v) is 10.3. The van der Waals surface area contributed by atoms with Gasteiger partial charge in [-0.2, -0.15) is 0 Å². The van der Waals surface area contributed by atoms with Gasteiger partial charge in [-0.05, 0) is 25.5 Å². The van der Waals surface area contributed by atoms with Gasteiger partial charge in [-0.1, -0.05) is 6.07 Å². The molecule has 1 atom stereocenters. The first-order valence-electron chi connectivity index (χ1n) is 5.43. The highest BCUT2D eigenvalue weighted by Crippen LogP contribution is 2.26. The summed E-state index contributed by atoms with van der Waals surface area (Å²) in [4.78, 5) is 6.29. The summed E-state index contributed by atoms with van der Waals surface area (Å²) in [6.07, 6.45) is 0.451. The van der Waals surface area contributed by atoms with Crippen LogP contribution in [0.15, 0.2) is 17.5 Å². The van der Waals surface area contributed by atoms with E-state index in [1.165, 1.54) is 4.88 Å². The standard InChI is InChI=1S/C11H19N3S/c1-13(2)11(10-4-3-9-15-10)14-7-5-12-6-8-14/h3-4,9,11-12H,5-8H2,1-2H3. The molecule has 1 saturated heterocycles. The molecule has 1 aliphatic heterocycles. The number of nitrogens with one attached hydrogen (secondary N) is 1. The molecule has 4 heteroatoms. The fourth-order valence-electron chi connectivity index (χ4n) is 2.13. The van der Waals surface area contributed by atoms with Gasteiger partial charge >= 0.3 is 0 Å². The summed E-state index contributed by atoms with van der Waals surface area (Å²) in [6, 6.07) is 4.37. The maximum atomic E-state index is 3.40. The number of nitrogens with zero attached hydrogens (tertiary/aromatic N) is 2. The Balaban J connectivity index is 2.12. The van der Waals surface area contributed by atoms with Crippen LogP contribution in [0.3, 0.4) is 0 Å². The van der Waals surface area contributed by atoms with Crippen LogP contribution in [0.4, 0.5) is 0 Å². The lowest BCUT2D eigenvalue weighted by molar-refractivity contribution is 0.0699. The van der Waals surface area contributed by atoms with E-state index in [9.17, 15) is 0 Å². The number of piperazine rings is 1. The molecular formula is C11H19N3S. The van der Waals surface area contributed by atoms with Crippen molar-refractivity contribution in [3.63, 3.8) is 0 Å². The van der Waals surface area contributed by atoms with Gasteiger partial charge < -0.3 is 5.32 Å². The van der Waals surface area contributed by atoms with Crippen LogP contribution in [-0.2, 0) is 0 Å². The van der Waals surface area contributed by atoms with Gasteiger partial charge in [-0.15, -0.1) is 11.3 Å². The van der Waals surface area contributed by atoms with Gasteiger partial charge in [0.2, 0.25) is 0 Å². The zero-order valence-electron chi connectivity index (χ0n) is 9.44. The number of thiophene rings is 1. The minimum Gasteiger partial charge on any atom is -0.314 e. The molecule has 1 fully saturated rings. The van der Waals surface area contributed by atoms with E-state index < -0.39 is 0 Å². The summed E-state index contributed by atoms with van der Waals surface area (Å²) >= 11 is 1.85. The summed E-state index contributed by atoms with van der Waals surface area (Å²) in [7, 11) is 4.32. The molecular weight excluding hydrogens is 206 g/mol. The fraction of sp³-hybridized carbons (Fsp3) is 0.636. The highest BCUT2D eigenvalue weighted by atomic mass is 32.1. The molecule has 0 bridgehead atoms. The van der Waals surface area contributed by atoms with E-state index in [0.717, 1.165) is 26.2 Å². The minimum atomic E-state index is 0.451.